The zero-order valence-corrected chi connectivity index (χ0v) is 13.3. The van der Waals surface area contributed by atoms with Crippen molar-refractivity contribution < 1.29 is 40.2 Å². The number of nitrogens with one attached hydrogen (secondary N) is 1. The molecule has 0 radical (unpaired) electrons. The Morgan fingerprint density at radius 3 is 2.00 bits per heavy atom. The molecule has 0 bridgehead atoms. The molecule has 1 atom stereocenters. The van der Waals surface area contributed by atoms with Crippen LogP contribution >= 0.6 is 0 Å². The number of aliphatic hydroxyl groups excluding tert-OH is 1. The molecule has 2 rings (SSSR count). The number of halogens is 8. The number of hydrogen-bond donors (Lipinski definition) is 2. The van der Waals surface area contributed by atoms with Crippen LogP contribution in [0.5, 0.6) is 0 Å². The summed E-state index contributed by atoms with van der Waals surface area (Å²) < 4.78 is 107. The number of rotatable bonds is 4. The summed E-state index contributed by atoms with van der Waals surface area (Å²) in [5.74, 6) is -4.07. The molecule has 1 saturated heterocycles. The number of piperazine rings is 1. The summed E-state index contributed by atoms with van der Waals surface area (Å²) in [6.07, 6.45) is -10.1. The Bertz CT molecular complexity index is 623. The first-order valence-corrected chi connectivity index (χ1v) is 7.59. The maximum Gasteiger partial charge on any atom is 0.416 e. The van der Waals surface area contributed by atoms with Crippen LogP contribution in [0, 0.1) is 0 Å². The predicted octanol–water partition coefficient (Wildman–Crippen LogP) is 3.30. The Morgan fingerprint density at radius 1 is 0.962 bits per heavy atom. The van der Waals surface area contributed by atoms with Gasteiger partial charge in [-0.05, 0) is 23.8 Å². The summed E-state index contributed by atoms with van der Waals surface area (Å²) in [6, 6.07) is -1.88. The molecular weight excluding hydrogens is 376 g/mol. The van der Waals surface area contributed by atoms with Gasteiger partial charge in [0.15, 0.2) is 0 Å². The highest BCUT2D eigenvalue weighted by molar-refractivity contribution is 5.39. The molecule has 0 aromatic heterocycles. The van der Waals surface area contributed by atoms with Crippen molar-refractivity contribution in [2.75, 3.05) is 32.8 Å². The van der Waals surface area contributed by atoms with Crippen LogP contribution in [0.4, 0.5) is 35.1 Å². The molecule has 0 amide bonds. The van der Waals surface area contributed by atoms with E-state index in [9.17, 15) is 35.1 Å². The third kappa shape index (κ3) is 4.44. The highest BCUT2D eigenvalue weighted by Gasteiger charge is 2.48. The average Bonchev–Trinajstić information content (AvgIpc) is 2.54. The second-order valence-corrected chi connectivity index (χ2v) is 5.91. The van der Waals surface area contributed by atoms with E-state index in [-0.39, 0.29) is 44.4 Å². The van der Waals surface area contributed by atoms with Crippen LogP contribution in [-0.4, -0.2) is 48.7 Å². The van der Waals surface area contributed by atoms with E-state index < -0.39 is 47.6 Å². The van der Waals surface area contributed by atoms with Gasteiger partial charge >= 0.3 is 12.4 Å². The van der Waals surface area contributed by atoms with Crippen LogP contribution in [-0.2, 0) is 12.4 Å². The molecule has 0 unspecified atom stereocenters. The number of benzene rings is 1. The van der Waals surface area contributed by atoms with E-state index in [4.69, 9.17) is 5.11 Å². The summed E-state index contributed by atoms with van der Waals surface area (Å²) in [5.41, 5.74) is -4.25. The monoisotopic (exact) mass is 392 g/mol. The van der Waals surface area contributed by atoms with Crippen molar-refractivity contribution in [2.24, 2.45) is 0 Å². The minimum Gasteiger partial charge on any atom is -0.390 e. The van der Waals surface area contributed by atoms with Crippen molar-refractivity contribution in [1.82, 2.24) is 10.2 Å². The Hall–Kier alpha value is -1.46. The standard InChI is InChI=1S/C15H16F8N2O/c16-13(17,8-26)12(25-5-3-24-4-6-25)10-7-9(14(18,19)20)1-2-11(10)15(21,22)23/h1-2,7,12,24,26H,3-6,8H2/t12-/m1/s1. The second-order valence-electron chi connectivity index (χ2n) is 5.91. The topological polar surface area (TPSA) is 35.5 Å². The molecule has 1 aromatic carbocycles. The quantitative estimate of drug-likeness (QED) is 0.772. The first kappa shape index (κ1) is 20.8. The zero-order chi connectivity index (χ0) is 19.8. The van der Waals surface area contributed by atoms with Gasteiger partial charge in [-0.3, -0.25) is 4.90 Å². The summed E-state index contributed by atoms with van der Waals surface area (Å²) in [6.45, 7) is -1.65. The Labute approximate surface area is 143 Å². The van der Waals surface area contributed by atoms with Crippen LogP contribution < -0.4 is 5.32 Å². The predicted molar refractivity (Wildman–Crippen MR) is 75.7 cm³/mol. The van der Waals surface area contributed by atoms with Gasteiger partial charge in [-0.25, -0.2) is 8.78 Å². The smallest absolute Gasteiger partial charge is 0.390 e. The first-order valence-electron chi connectivity index (χ1n) is 7.59. The second kappa shape index (κ2) is 7.28. The lowest BCUT2D eigenvalue weighted by molar-refractivity contribution is -0.147. The van der Waals surface area contributed by atoms with Crippen molar-refractivity contribution in [3.8, 4) is 0 Å². The fraction of sp³-hybridized carbons (Fsp3) is 0.600. The van der Waals surface area contributed by atoms with Gasteiger partial charge in [-0.2, -0.15) is 26.3 Å². The lowest BCUT2D eigenvalue weighted by atomic mass is 9.91. The summed E-state index contributed by atoms with van der Waals surface area (Å²) in [5, 5.41) is 11.8. The Kier molecular flexibility index (Phi) is 5.83. The Balaban J connectivity index is 2.67. The molecule has 148 valence electrons. The third-order valence-electron chi connectivity index (χ3n) is 4.11. The van der Waals surface area contributed by atoms with Gasteiger partial charge in [-0.15, -0.1) is 0 Å². The van der Waals surface area contributed by atoms with Gasteiger partial charge in [0.1, 0.15) is 12.6 Å². The molecule has 1 aliphatic rings. The van der Waals surface area contributed by atoms with E-state index >= 15 is 0 Å². The van der Waals surface area contributed by atoms with Gasteiger partial charge < -0.3 is 10.4 Å². The van der Waals surface area contributed by atoms with Crippen LogP contribution in [0.2, 0.25) is 0 Å². The average molecular weight is 392 g/mol. The number of aliphatic hydroxyl groups is 1. The molecule has 3 nitrogen and oxygen atoms in total. The third-order valence-corrected chi connectivity index (χ3v) is 4.11. The molecule has 1 aromatic rings. The van der Waals surface area contributed by atoms with Crippen LogP contribution in [0.15, 0.2) is 18.2 Å². The molecular formula is C15H16F8N2O. The maximum absolute atomic E-state index is 14.3. The molecule has 0 spiro atoms. The molecule has 2 N–H and O–H groups in total. The minimum atomic E-state index is -5.13. The van der Waals surface area contributed by atoms with Gasteiger partial charge in [0.05, 0.1) is 11.1 Å². The van der Waals surface area contributed by atoms with E-state index in [1.807, 2.05) is 0 Å². The van der Waals surface area contributed by atoms with Crippen molar-refractivity contribution in [3.63, 3.8) is 0 Å². The van der Waals surface area contributed by atoms with Crippen LogP contribution in [0.25, 0.3) is 0 Å². The number of nitrogens with zero attached hydrogens (tertiary/aromatic N) is 1. The molecule has 11 heteroatoms. The molecule has 0 aliphatic carbocycles. The van der Waals surface area contributed by atoms with Gasteiger partial charge in [0.2, 0.25) is 0 Å². The Morgan fingerprint density at radius 2 is 1.54 bits per heavy atom. The van der Waals surface area contributed by atoms with E-state index in [0.29, 0.717) is 0 Å². The van der Waals surface area contributed by atoms with E-state index in [1.54, 1.807) is 0 Å². The summed E-state index contributed by atoms with van der Waals surface area (Å²) in [7, 11) is 0. The molecule has 1 aliphatic heterocycles. The van der Waals surface area contributed by atoms with Crippen molar-refractivity contribution in [3.05, 3.63) is 34.9 Å². The number of alkyl halides is 8. The normalized spacial score (nSPS) is 18.8. The van der Waals surface area contributed by atoms with Crippen molar-refractivity contribution in [2.45, 2.75) is 24.3 Å². The van der Waals surface area contributed by atoms with Crippen molar-refractivity contribution >= 4 is 0 Å². The van der Waals surface area contributed by atoms with Gasteiger partial charge in [0, 0.05) is 26.2 Å². The largest absolute Gasteiger partial charge is 0.416 e. The lowest BCUT2D eigenvalue weighted by Gasteiger charge is -2.39. The first-order chi connectivity index (χ1) is 11.9. The molecule has 1 fully saturated rings. The SMILES string of the molecule is OCC(F)(F)[C@@H](c1cc(C(F)(F)F)ccc1C(F)(F)F)N1CCNCC1. The summed E-state index contributed by atoms with van der Waals surface area (Å²) in [4.78, 5) is 0.956. The van der Waals surface area contributed by atoms with Gasteiger partial charge in [0.25, 0.3) is 5.92 Å². The van der Waals surface area contributed by atoms with Crippen molar-refractivity contribution in [1.29, 1.82) is 0 Å². The molecule has 26 heavy (non-hydrogen) atoms. The maximum atomic E-state index is 14.3. The number of hydrogen-bond acceptors (Lipinski definition) is 3. The molecule has 1 heterocycles. The highest BCUT2D eigenvalue weighted by atomic mass is 19.4. The zero-order valence-electron chi connectivity index (χ0n) is 13.3. The fourth-order valence-corrected chi connectivity index (χ4v) is 2.94. The molecule has 0 saturated carbocycles. The van der Waals surface area contributed by atoms with Crippen LogP contribution in [0.3, 0.4) is 0 Å². The fourth-order valence-electron chi connectivity index (χ4n) is 2.94. The lowest BCUT2D eigenvalue weighted by Crippen LogP contribution is -2.51. The highest BCUT2D eigenvalue weighted by Crippen LogP contribution is 2.44. The minimum absolute atomic E-state index is 0.0963. The van der Waals surface area contributed by atoms with E-state index in [1.165, 1.54) is 0 Å². The van der Waals surface area contributed by atoms with E-state index in [2.05, 4.69) is 5.32 Å². The van der Waals surface area contributed by atoms with Crippen LogP contribution in [0.1, 0.15) is 22.7 Å². The van der Waals surface area contributed by atoms with Gasteiger partial charge in [-0.1, -0.05) is 0 Å². The van der Waals surface area contributed by atoms with E-state index in [0.717, 1.165) is 4.90 Å². The summed E-state index contributed by atoms with van der Waals surface area (Å²) >= 11 is 0.